The number of nitrogens with zero attached hydrogens (tertiary/aromatic N) is 1. The van der Waals surface area contributed by atoms with Crippen molar-refractivity contribution < 1.29 is 13.3 Å². The maximum absolute atomic E-state index is 12.6. The molecule has 9 heteroatoms. The Bertz CT molecular complexity index is 694. The summed E-state index contributed by atoms with van der Waals surface area (Å²) in [5, 5.41) is 14.2. The zero-order chi connectivity index (χ0) is 16.5. The minimum absolute atomic E-state index is 0. The lowest BCUT2D eigenvalue weighted by Crippen LogP contribution is -2.50. The summed E-state index contributed by atoms with van der Waals surface area (Å²) in [4.78, 5) is 10.5. The molecule has 2 rings (SSSR count). The number of benzene rings is 1. The van der Waals surface area contributed by atoms with E-state index in [4.69, 9.17) is 0 Å². The number of halogens is 1. The SMILES string of the molecule is Cc1cc(C)c(S(=O)(=O)NC2CNCCC2C)cc1[N+](=O)[O-].Cl. The van der Waals surface area contributed by atoms with Crippen LogP contribution < -0.4 is 10.0 Å². The number of nitro groups is 1. The summed E-state index contributed by atoms with van der Waals surface area (Å²) >= 11 is 0. The molecule has 2 unspecified atom stereocenters. The molecule has 1 saturated heterocycles. The van der Waals surface area contributed by atoms with Crippen LogP contribution in [-0.2, 0) is 10.0 Å². The molecule has 0 radical (unpaired) electrons. The highest BCUT2D eigenvalue weighted by atomic mass is 35.5. The predicted octanol–water partition coefficient (Wildman–Crippen LogP) is 1.91. The number of piperidine rings is 1. The van der Waals surface area contributed by atoms with Crippen LogP contribution in [0.2, 0.25) is 0 Å². The van der Waals surface area contributed by atoms with E-state index in [2.05, 4.69) is 10.0 Å². The van der Waals surface area contributed by atoms with E-state index in [-0.39, 0.29) is 34.9 Å². The van der Waals surface area contributed by atoms with Gasteiger partial charge in [0.2, 0.25) is 10.0 Å². The lowest BCUT2D eigenvalue weighted by atomic mass is 9.96. The first-order valence-electron chi connectivity index (χ1n) is 7.21. The Balaban J connectivity index is 0.00000264. The molecule has 7 nitrogen and oxygen atoms in total. The molecular weight excluding hydrogens is 342 g/mol. The predicted molar refractivity (Wildman–Crippen MR) is 90.6 cm³/mol. The second-order valence-corrected chi connectivity index (χ2v) is 7.54. The van der Waals surface area contributed by atoms with Crippen LogP contribution in [0.3, 0.4) is 0 Å². The molecule has 1 aromatic rings. The van der Waals surface area contributed by atoms with Gasteiger partial charge in [0.1, 0.15) is 0 Å². The highest BCUT2D eigenvalue weighted by Gasteiger charge is 2.29. The molecule has 1 aliphatic rings. The summed E-state index contributed by atoms with van der Waals surface area (Å²) in [5.74, 6) is 0.219. The smallest absolute Gasteiger partial charge is 0.273 e. The normalized spacial score (nSPS) is 21.5. The molecule has 0 aromatic heterocycles. The van der Waals surface area contributed by atoms with Crippen LogP contribution in [0.15, 0.2) is 17.0 Å². The van der Waals surface area contributed by atoms with E-state index >= 15 is 0 Å². The van der Waals surface area contributed by atoms with E-state index in [1.807, 2.05) is 6.92 Å². The van der Waals surface area contributed by atoms with Crippen LogP contribution in [0.25, 0.3) is 0 Å². The molecule has 1 fully saturated rings. The van der Waals surface area contributed by atoms with Gasteiger partial charge in [0.25, 0.3) is 5.69 Å². The topological polar surface area (TPSA) is 101 Å². The Morgan fingerprint density at radius 1 is 1.30 bits per heavy atom. The standard InChI is InChI=1S/C14H21N3O4S.ClH/c1-9-4-5-15-8-12(9)16-22(20,21)14-7-13(17(18)19)10(2)6-11(14)3;/h6-7,9,12,15-16H,4-5,8H2,1-3H3;1H. The Kier molecular flexibility index (Phi) is 6.52. The quantitative estimate of drug-likeness (QED) is 0.628. The third-order valence-corrected chi connectivity index (χ3v) is 5.75. The number of rotatable bonds is 4. The van der Waals surface area contributed by atoms with Crippen molar-refractivity contribution in [2.24, 2.45) is 5.92 Å². The Hall–Kier alpha value is -1.22. The van der Waals surface area contributed by atoms with Gasteiger partial charge in [-0.3, -0.25) is 10.1 Å². The number of hydrogen-bond donors (Lipinski definition) is 2. The van der Waals surface area contributed by atoms with E-state index in [0.29, 0.717) is 17.7 Å². The van der Waals surface area contributed by atoms with Crippen molar-refractivity contribution in [2.75, 3.05) is 13.1 Å². The molecule has 2 N–H and O–H groups in total. The summed E-state index contributed by atoms with van der Waals surface area (Å²) in [7, 11) is -3.79. The van der Waals surface area contributed by atoms with Gasteiger partial charge < -0.3 is 5.32 Å². The number of nitrogens with one attached hydrogen (secondary N) is 2. The van der Waals surface area contributed by atoms with E-state index in [9.17, 15) is 18.5 Å². The van der Waals surface area contributed by atoms with Gasteiger partial charge in [0, 0.05) is 24.2 Å². The maximum atomic E-state index is 12.6. The van der Waals surface area contributed by atoms with Crippen LogP contribution in [0, 0.1) is 29.9 Å². The van der Waals surface area contributed by atoms with Gasteiger partial charge in [-0.05, 0) is 44.4 Å². The van der Waals surface area contributed by atoms with Crippen molar-refractivity contribution in [3.63, 3.8) is 0 Å². The van der Waals surface area contributed by atoms with Gasteiger partial charge in [0.05, 0.1) is 9.82 Å². The molecule has 0 amide bonds. The molecule has 0 aliphatic carbocycles. The minimum atomic E-state index is -3.79. The Morgan fingerprint density at radius 2 is 1.96 bits per heavy atom. The first-order valence-corrected chi connectivity index (χ1v) is 8.69. The van der Waals surface area contributed by atoms with Crippen LogP contribution in [0.5, 0.6) is 0 Å². The van der Waals surface area contributed by atoms with E-state index in [1.54, 1.807) is 13.8 Å². The van der Waals surface area contributed by atoms with Gasteiger partial charge in [-0.15, -0.1) is 12.4 Å². The molecule has 130 valence electrons. The molecule has 0 saturated carbocycles. The fourth-order valence-corrected chi connectivity index (χ4v) is 4.31. The average Bonchev–Trinajstić information content (AvgIpc) is 2.40. The van der Waals surface area contributed by atoms with Crippen molar-refractivity contribution in [3.8, 4) is 0 Å². The molecule has 1 heterocycles. The van der Waals surface area contributed by atoms with Gasteiger partial charge in [0.15, 0.2) is 0 Å². The van der Waals surface area contributed by atoms with Gasteiger partial charge >= 0.3 is 0 Å². The third kappa shape index (κ3) is 4.41. The maximum Gasteiger partial charge on any atom is 0.273 e. The molecule has 23 heavy (non-hydrogen) atoms. The Labute approximate surface area is 142 Å². The minimum Gasteiger partial charge on any atom is -0.315 e. The van der Waals surface area contributed by atoms with Crippen molar-refractivity contribution >= 4 is 28.1 Å². The fraction of sp³-hybridized carbons (Fsp3) is 0.571. The highest BCUT2D eigenvalue weighted by molar-refractivity contribution is 7.89. The number of nitro benzene ring substituents is 1. The summed E-state index contributed by atoms with van der Waals surface area (Å²) in [6.07, 6.45) is 0.889. The van der Waals surface area contributed by atoms with Gasteiger partial charge in [-0.1, -0.05) is 6.92 Å². The number of aryl methyl sites for hydroxylation is 2. The lowest BCUT2D eigenvalue weighted by molar-refractivity contribution is -0.385. The zero-order valence-corrected chi connectivity index (χ0v) is 15.0. The zero-order valence-electron chi connectivity index (χ0n) is 13.3. The van der Waals surface area contributed by atoms with Gasteiger partial charge in [-0.2, -0.15) is 0 Å². The summed E-state index contributed by atoms with van der Waals surface area (Å²) in [5.41, 5.74) is 0.780. The highest BCUT2D eigenvalue weighted by Crippen LogP contribution is 2.26. The van der Waals surface area contributed by atoms with Crippen molar-refractivity contribution in [1.82, 2.24) is 10.0 Å². The first-order chi connectivity index (χ1) is 10.2. The van der Waals surface area contributed by atoms with Crippen LogP contribution >= 0.6 is 12.4 Å². The van der Waals surface area contributed by atoms with Crippen LogP contribution in [0.4, 0.5) is 5.69 Å². The molecular formula is C14H22ClN3O4S. The largest absolute Gasteiger partial charge is 0.315 e. The molecule has 0 spiro atoms. The second-order valence-electron chi connectivity index (χ2n) is 5.86. The van der Waals surface area contributed by atoms with Crippen molar-refractivity contribution in [2.45, 2.75) is 38.1 Å². The molecule has 2 atom stereocenters. The summed E-state index contributed by atoms with van der Waals surface area (Å²) < 4.78 is 27.9. The van der Waals surface area contributed by atoms with Crippen LogP contribution in [0.1, 0.15) is 24.5 Å². The van der Waals surface area contributed by atoms with Gasteiger partial charge in [-0.25, -0.2) is 13.1 Å². The van der Waals surface area contributed by atoms with Crippen molar-refractivity contribution in [1.29, 1.82) is 0 Å². The Morgan fingerprint density at radius 3 is 2.52 bits per heavy atom. The monoisotopic (exact) mass is 363 g/mol. The molecule has 1 aromatic carbocycles. The van der Waals surface area contributed by atoms with E-state index in [0.717, 1.165) is 19.0 Å². The van der Waals surface area contributed by atoms with Crippen LogP contribution in [-0.4, -0.2) is 32.5 Å². The van der Waals surface area contributed by atoms with E-state index < -0.39 is 14.9 Å². The van der Waals surface area contributed by atoms with E-state index in [1.165, 1.54) is 6.07 Å². The molecule has 1 aliphatic heterocycles. The third-order valence-electron chi connectivity index (χ3n) is 4.11. The summed E-state index contributed by atoms with van der Waals surface area (Å²) in [6, 6.07) is 2.47. The fourth-order valence-electron chi connectivity index (χ4n) is 2.72. The average molecular weight is 364 g/mol. The second kappa shape index (κ2) is 7.57. The first kappa shape index (κ1) is 19.8. The number of sulfonamides is 1. The number of hydrogen-bond acceptors (Lipinski definition) is 5. The van der Waals surface area contributed by atoms with Crippen molar-refractivity contribution in [3.05, 3.63) is 33.4 Å². The lowest BCUT2D eigenvalue weighted by Gasteiger charge is -2.30. The summed E-state index contributed by atoms with van der Waals surface area (Å²) in [6.45, 7) is 6.68. The molecule has 0 bridgehead atoms.